The molecule has 0 fully saturated rings. The fourth-order valence-electron chi connectivity index (χ4n) is 4.04. The fraction of sp³-hybridized carbons (Fsp3) is 0.519. The first-order valence-corrected chi connectivity index (χ1v) is 15.8. The zero-order valence-electron chi connectivity index (χ0n) is 25.7. The first-order valence-electron chi connectivity index (χ1n) is 13.9. The Morgan fingerprint density at radius 1 is 1.07 bits per heavy atom. The van der Waals surface area contributed by atoms with E-state index in [1.807, 2.05) is 13.8 Å². The number of ether oxygens (including phenoxy) is 1. The van der Waals surface area contributed by atoms with Crippen LogP contribution in [-0.2, 0) is 29.2 Å². The monoisotopic (exact) mass is 677 g/mol. The van der Waals surface area contributed by atoms with Gasteiger partial charge in [0, 0.05) is 24.6 Å². The van der Waals surface area contributed by atoms with E-state index in [4.69, 9.17) is 25.6 Å². The maximum atomic E-state index is 13.7. The molecule has 2 rings (SSSR count). The Morgan fingerprint density at radius 3 is 2.28 bits per heavy atom. The SMILES string of the molecule is CC(C)c1nc(N(C)S(C)(=O)=O)nc(-c2ccc(F)cc2)c1/C=C/C(O)CC(O)CC(=O)OCCCC(CON(O)O)ON(O)O. The lowest BCUT2D eigenvalue weighted by molar-refractivity contribution is -0.527. The highest BCUT2D eigenvalue weighted by molar-refractivity contribution is 7.92. The summed E-state index contributed by atoms with van der Waals surface area (Å²) in [5, 5.41) is 54.5. The highest BCUT2D eigenvalue weighted by Crippen LogP contribution is 2.31. The van der Waals surface area contributed by atoms with Crippen LogP contribution in [0.4, 0.5) is 10.3 Å². The number of hydrogen-bond donors (Lipinski definition) is 6. The summed E-state index contributed by atoms with van der Waals surface area (Å²) < 4.78 is 44.1. The molecule has 19 heteroatoms. The Kier molecular flexibility index (Phi) is 15.4. The van der Waals surface area contributed by atoms with Gasteiger partial charge in [0.2, 0.25) is 16.0 Å². The molecule has 0 spiro atoms. The van der Waals surface area contributed by atoms with Crippen molar-refractivity contribution in [3.8, 4) is 11.3 Å². The van der Waals surface area contributed by atoms with Crippen LogP contribution in [0, 0.1) is 5.82 Å². The third-order valence-electron chi connectivity index (χ3n) is 6.36. The molecule has 17 nitrogen and oxygen atoms in total. The summed E-state index contributed by atoms with van der Waals surface area (Å²) in [6.45, 7) is 3.02. The number of rotatable bonds is 19. The number of benzene rings is 1. The third-order valence-corrected chi connectivity index (χ3v) is 7.52. The lowest BCUT2D eigenvalue weighted by Crippen LogP contribution is -2.31. The quantitative estimate of drug-likeness (QED) is 0.0709. The van der Waals surface area contributed by atoms with Gasteiger partial charge in [0.15, 0.2) is 0 Å². The lowest BCUT2D eigenvalue weighted by Gasteiger charge is -2.20. The standard InChI is InChI=1S/C27H40FN5O12S/c1-17(2)25-23(26(18-7-9-19(28)10-8-18)30-27(29-25)31(3)46(4,41)42)12-11-20(34)14-21(35)15-24(36)43-13-5-6-22(45-33(39)40)16-44-32(37)38/h7-12,17,20-22,34-35,37-40H,5-6,13-16H2,1-4H3/b12-11+. The van der Waals surface area contributed by atoms with E-state index in [0.29, 0.717) is 16.8 Å². The molecular formula is C27H40FN5O12S. The predicted octanol–water partition coefficient (Wildman–Crippen LogP) is 2.03. The Labute approximate surface area is 265 Å². The van der Waals surface area contributed by atoms with Crippen molar-refractivity contribution >= 4 is 28.0 Å². The van der Waals surface area contributed by atoms with Crippen LogP contribution in [0.1, 0.15) is 56.7 Å². The molecule has 0 aliphatic rings. The lowest BCUT2D eigenvalue weighted by atomic mass is 9.97. The second-order valence-corrected chi connectivity index (χ2v) is 12.5. The normalized spacial score (nSPS) is 14.3. The molecule has 3 atom stereocenters. The highest BCUT2D eigenvalue weighted by Gasteiger charge is 2.23. The zero-order chi connectivity index (χ0) is 34.6. The molecule has 258 valence electrons. The molecule has 0 saturated heterocycles. The topological polar surface area (TPSA) is 236 Å². The molecular weight excluding hydrogens is 637 g/mol. The maximum absolute atomic E-state index is 13.7. The third kappa shape index (κ3) is 13.3. The highest BCUT2D eigenvalue weighted by atomic mass is 32.2. The molecule has 0 amide bonds. The predicted molar refractivity (Wildman–Crippen MR) is 157 cm³/mol. The Balaban J connectivity index is 2.11. The number of aromatic nitrogens is 2. The van der Waals surface area contributed by atoms with Gasteiger partial charge in [-0.15, -0.1) is 0 Å². The number of aliphatic hydroxyl groups is 2. The van der Waals surface area contributed by atoms with Gasteiger partial charge < -0.3 is 14.9 Å². The number of carbonyl (C=O) groups excluding carboxylic acids is 1. The van der Waals surface area contributed by atoms with Crippen molar-refractivity contribution in [1.82, 2.24) is 20.7 Å². The number of sulfonamides is 1. The minimum atomic E-state index is -3.71. The van der Waals surface area contributed by atoms with Gasteiger partial charge in [-0.2, -0.15) is 0 Å². The van der Waals surface area contributed by atoms with Gasteiger partial charge >= 0.3 is 5.97 Å². The van der Waals surface area contributed by atoms with E-state index in [9.17, 15) is 27.8 Å². The van der Waals surface area contributed by atoms with Crippen LogP contribution in [0.5, 0.6) is 0 Å². The van der Waals surface area contributed by atoms with Gasteiger partial charge in [0.1, 0.15) is 18.5 Å². The number of halogens is 1. The van der Waals surface area contributed by atoms with Gasteiger partial charge in [-0.05, 0) is 43.0 Å². The van der Waals surface area contributed by atoms with Crippen molar-refractivity contribution in [1.29, 1.82) is 0 Å². The van der Waals surface area contributed by atoms with E-state index < -0.39 is 63.9 Å². The molecule has 2 aromatic rings. The van der Waals surface area contributed by atoms with E-state index in [2.05, 4.69) is 19.6 Å². The molecule has 0 aliphatic heterocycles. The largest absolute Gasteiger partial charge is 0.466 e. The number of aliphatic hydroxyl groups excluding tert-OH is 2. The van der Waals surface area contributed by atoms with E-state index >= 15 is 0 Å². The van der Waals surface area contributed by atoms with Gasteiger partial charge in [-0.1, -0.05) is 26.0 Å². The second kappa shape index (κ2) is 18.2. The van der Waals surface area contributed by atoms with Crippen molar-refractivity contribution < 1.29 is 63.1 Å². The van der Waals surface area contributed by atoms with Crippen molar-refractivity contribution in [2.75, 3.05) is 30.8 Å². The van der Waals surface area contributed by atoms with Crippen LogP contribution < -0.4 is 4.31 Å². The molecule has 6 N–H and O–H groups in total. The summed E-state index contributed by atoms with van der Waals surface area (Å²) in [6.07, 6.45) is -0.224. The number of esters is 1. The summed E-state index contributed by atoms with van der Waals surface area (Å²) in [5.41, 5.74) is 1.63. The fourth-order valence-corrected chi connectivity index (χ4v) is 4.42. The van der Waals surface area contributed by atoms with E-state index in [1.54, 1.807) is 0 Å². The van der Waals surface area contributed by atoms with Crippen LogP contribution >= 0.6 is 0 Å². The van der Waals surface area contributed by atoms with Crippen LogP contribution in [-0.4, -0.2) is 111 Å². The van der Waals surface area contributed by atoms with Gasteiger partial charge in [0.05, 0.1) is 53.7 Å². The van der Waals surface area contributed by atoms with Crippen molar-refractivity contribution in [2.45, 2.75) is 63.8 Å². The minimum absolute atomic E-state index is 0.0400. The summed E-state index contributed by atoms with van der Waals surface area (Å²) in [4.78, 5) is 30.0. The van der Waals surface area contributed by atoms with Gasteiger partial charge in [-0.25, -0.2) is 36.8 Å². The molecule has 3 unspecified atom stereocenters. The van der Waals surface area contributed by atoms with E-state index in [-0.39, 0.29) is 43.4 Å². The Hall–Kier alpha value is -3.21. The van der Waals surface area contributed by atoms with Crippen LogP contribution in [0.2, 0.25) is 0 Å². The molecule has 0 aliphatic carbocycles. The van der Waals surface area contributed by atoms with Crippen LogP contribution in [0.25, 0.3) is 17.3 Å². The molecule has 0 bridgehead atoms. The maximum Gasteiger partial charge on any atom is 0.308 e. The molecule has 1 aromatic heterocycles. The van der Waals surface area contributed by atoms with Gasteiger partial charge in [0.25, 0.3) is 0 Å². The Bertz CT molecular complexity index is 1400. The molecule has 1 aromatic carbocycles. The van der Waals surface area contributed by atoms with Crippen LogP contribution in [0.3, 0.4) is 0 Å². The number of hydrogen-bond acceptors (Lipinski definition) is 16. The van der Waals surface area contributed by atoms with E-state index in [1.165, 1.54) is 43.5 Å². The van der Waals surface area contributed by atoms with Crippen molar-refractivity contribution in [2.24, 2.45) is 0 Å². The Morgan fingerprint density at radius 2 is 1.72 bits per heavy atom. The molecule has 0 radical (unpaired) electrons. The van der Waals surface area contributed by atoms with Crippen molar-refractivity contribution in [3.05, 3.63) is 47.4 Å². The summed E-state index contributed by atoms with van der Waals surface area (Å²) in [7, 11) is -2.41. The van der Waals surface area contributed by atoms with E-state index in [0.717, 1.165) is 10.6 Å². The number of nitrogens with zero attached hydrogens (tertiary/aromatic N) is 5. The first kappa shape index (κ1) is 39.0. The van der Waals surface area contributed by atoms with Crippen molar-refractivity contribution in [3.63, 3.8) is 0 Å². The van der Waals surface area contributed by atoms with Crippen LogP contribution in [0.15, 0.2) is 30.3 Å². The van der Waals surface area contributed by atoms with Gasteiger partial charge in [-0.3, -0.25) is 25.6 Å². The average molecular weight is 678 g/mol. The second-order valence-electron chi connectivity index (χ2n) is 10.5. The molecule has 46 heavy (non-hydrogen) atoms. The number of anilines is 1. The molecule has 1 heterocycles. The summed E-state index contributed by atoms with van der Waals surface area (Å²) >= 11 is 0. The summed E-state index contributed by atoms with van der Waals surface area (Å²) in [6, 6.07) is 5.40. The number of carbonyl (C=O) groups is 1. The zero-order valence-corrected chi connectivity index (χ0v) is 26.5. The summed E-state index contributed by atoms with van der Waals surface area (Å²) in [5.74, 6) is -1.59. The smallest absolute Gasteiger partial charge is 0.308 e. The minimum Gasteiger partial charge on any atom is -0.466 e. The first-order chi connectivity index (χ1) is 21.5. The molecule has 0 saturated carbocycles. The average Bonchev–Trinajstić information content (AvgIpc) is 2.95.